The minimum Gasteiger partial charge on any atom is -0.503 e. The Balaban J connectivity index is 2.18. The fraction of sp³-hybridized carbons (Fsp3) is 0.133. The number of rotatable bonds is 3. The number of aromatic nitrogens is 1. The predicted molar refractivity (Wildman–Crippen MR) is 79.1 cm³/mol. The number of Topliss-reactive ketones (excluding diaryl/α,β-unsaturated/α-hetero) is 1. The molecule has 1 atom stereocenters. The van der Waals surface area contributed by atoms with Gasteiger partial charge in [0.15, 0.2) is 16.7 Å². The molecule has 0 aliphatic carbocycles. The van der Waals surface area contributed by atoms with Gasteiger partial charge in [-0.3, -0.25) is 14.5 Å². The van der Waals surface area contributed by atoms with Crippen molar-refractivity contribution in [3.05, 3.63) is 58.8 Å². The number of aliphatic hydroxyl groups is 1. The zero-order chi connectivity index (χ0) is 15.0. The summed E-state index contributed by atoms with van der Waals surface area (Å²) in [5.74, 6) is -1.41. The highest BCUT2D eigenvalue weighted by molar-refractivity contribution is 7.13. The zero-order valence-corrected chi connectivity index (χ0v) is 12.0. The summed E-state index contributed by atoms with van der Waals surface area (Å²) in [6.07, 6.45) is 1.58. The van der Waals surface area contributed by atoms with Crippen LogP contribution in [0.4, 0.5) is 5.13 Å². The average molecular weight is 300 g/mol. The molecule has 1 aliphatic heterocycles. The Morgan fingerprint density at radius 1 is 1.33 bits per heavy atom. The highest BCUT2D eigenvalue weighted by Gasteiger charge is 2.44. The molecule has 1 amide bonds. The SMILES string of the molecule is CC(=O)C1=C(O)C(=O)N(c2nccs2)[C@H]1c1ccccc1. The molecule has 1 aromatic carbocycles. The molecule has 2 aromatic rings. The van der Waals surface area contributed by atoms with Gasteiger partial charge in [-0.05, 0) is 12.5 Å². The number of hydrogen-bond donors (Lipinski definition) is 1. The van der Waals surface area contributed by atoms with Crippen molar-refractivity contribution in [2.45, 2.75) is 13.0 Å². The first-order valence-electron chi connectivity index (χ1n) is 6.33. The van der Waals surface area contributed by atoms with Crippen molar-refractivity contribution < 1.29 is 14.7 Å². The molecule has 1 aromatic heterocycles. The molecule has 1 N–H and O–H groups in total. The summed E-state index contributed by atoms with van der Waals surface area (Å²) < 4.78 is 0. The molecule has 0 spiro atoms. The molecule has 0 radical (unpaired) electrons. The van der Waals surface area contributed by atoms with Crippen LogP contribution in [0, 0.1) is 0 Å². The van der Waals surface area contributed by atoms with Gasteiger partial charge < -0.3 is 5.11 Å². The maximum absolute atomic E-state index is 12.3. The van der Waals surface area contributed by atoms with Crippen LogP contribution in [-0.4, -0.2) is 21.8 Å². The van der Waals surface area contributed by atoms with E-state index in [-0.39, 0.29) is 11.4 Å². The van der Waals surface area contributed by atoms with Crippen LogP contribution in [-0.2, 0) is 9.59 Å². The quantitative estimate of drug-likeness (QED) is 0.946. The normalized spacial score (nSPS) is 18.4. The molecule has 5 nitrogen and oxygen atoms in total. The third-order valence-corrected chi connectivity index (χ3v) is 4.10. The number of aliphatic hydroxyl groups excluding tert-OH is 1. The first-order chi connectivity index (χ1) is 10.1. The number of benzene rings is 1. The molecule has 0 unspecified atom stereocenters. The number of hydrogen-bond acceptors (Lipinski definition) is 5. The van der Waals surface area contributed by atoms with Crippen molar-refractivity contribution in [3.63, 3.8) is 0 Å². The van der Waals surface area contributed by atoms with Crippen LogP contribution >= 0.6 is 11.3 Å². The minimum absolute atomic E-state index is 0.112. The standard InChI is InChI=1S/C15H12N2O3S/c1-9(18)11-12(10-5-3-2-4-6-10)17(14(20)13(11)19)15-16-7-8-21-15/h2-8,12,19H,1H3/t12-/m0/s1. The number of carbonyl (C=O) groups is 2. The van der Waals surface area contributed by atoms with Gasteiger partial charge in [-0.1, -0.05) is 30.3 Å². The number of nitrogens with zero attached hydrogens (tertiary/aromatic N) is 2. The molecular formula is C15H12N2O3S. The van der Waals surface area contributed by atoms with Gasteiger partial charge in [-0.15, -0.1) is 11.3 Å². The molecule has 0 fully saturated rings. The number of carbonyl (C=O) groups excluding carboxylic acids is 2. The van der Waals surface area contributed by atoms with E-state index in [0.29, 0.717) is 5.13 Å². The highest BCUT2D eigenvalue weighted by atomic mass is 32.1. The van der Waals surface area contributed by atoms with Crippen LogP contribution in [0.3, 0.4) is 0 Å². The Labute approximate surface area is 125 Å². The lowest BCUT2D eigenvalue weighted by molar-refractivity contribution is -0.117. The van der Waals surface area contributed by atoms with Crippen molar-refractivity contribution >= 4 is 28.2 Å². The van der Waals surface area contributed by atoms with Gasteiger partial charge >= 0.3 is 0 Å². The lowest BCUT2D eigenvalue weighted by Gasteiger charge is -2.23. The smallest absolute Gasteiger partial charge is 0.296 e. The van der Waals surface area contributed by atoms with Gasteiger partial charge in [0.05, 0.1) is 11.6 Å². The summed E-state index contributed by atoms with van der Waals surface area (Å²) in [6, 6.07) is 8.51. The van der Waals surface area contributed by atoms with Gasteiger partial charge in [0, 0.05) is 11.6 Å². The van der Waals surface area contributed by atoms with Crippen molar-refractivity contribution in [3.8, 4) is 0 Å². The second-order valence-corrected chi connectivity index (χ2v) is 5.49. The van der Waals surface area contributed by atoms with Crippen molar-refractivity contribution in [1.29, 1.82) is 0 Å². The molecule has 0 saturated carbocycles. The Kier molecular flexibility index (Phi) is 3.31. The third-order valence-electron chi connectivity index (χ3n) is 3.33. The maximum atomic E-state index is 12.3. The molecule has 21 heavy (non-hydrogen) atoms. The number of thiazole rings is 1. The maximum Gasteiger partial charge on any atom is 0.296 e. The molecule has 0 bridgehead atoms. The largest absolute Gasteiger partial charge is 0.503 e. The summed E-state index contributed by atoms with van der Waals surface area (Å²) in [5.41, 5.74) is 0.872. The van der Waals surface area contributed by atoms with E-state index in [9.17, 15) is 14.7 Å². The van der Waals surface area contributed by atoms with Crippen LogP contribution in [0.25, 0.3) is 0 Å². The topological polar surface area (TPSA) is 70.5 Å². The van der Waals surface area contributed by atoms with Crippen molar-refractivity contribution in [2.75, 3.05) is 4.90 Å². The van der Waals surface area contributed by atoms with Crippen LogP contribution in [0.5, 0.6) is 0 Å². The van der Waals surface area contributed by atoms with E-state index in [1.807, 2.05) is 30.3 Å². The molecule has 0 saturated heterocycles. The van der Waals surface area contributed by atoms with Crippen LogP contribution < -0.4 is 4.90 Å². The van der Waals surface area contributed by atoms with Crippen LogP contribution in [0.1, 0.15) is 18.5 Å². The molecule has 6 heteroatoms. The first kappa shape index (κ1) is 13.5. The second kappa shape index (κ2) is 5.14. The highest BCUT2D eigenvalue weighted by Crippen LogP contribution is 2.41. The summed E-state index contributed by atoms with van der Waals surface area (Å²) >= 11 is 1.28. The van der Waals surface area contributed by atoms with Crippen molar-refractivity contribution in [1.82, 2.24) is 4.98 Å². The molecular weight excluding hydrogens is 288 g/mol. The van der Waals surface area contributed by atoms with Gasteiger partial charge in [-0.25, -0.2) is 4.98 Å². The number of anilines is 1. The lowest BCUT2D eigenvalue weighted by atomic mass is 9.97. The number of amides is 1. The third kappa shape index (κ3) is 2.13. The first-order valence-corrected chi connectivity index (χ1v) is 7.21. The van der Waals surface area contributed by atoms with Crippen molar-refractivity contribution in [2.24, 2.45) is 0 Å². The second-order valence-electron chi connectivity index (χ2n) is 4.62. The molecule has 1 aliphatic rings. The Hall–Kier alpha value is -2.47. The predicted octanol–water partition coefficient (Wildman–Crippen LogP) is 2.63. The average Bonchev–Trinajstić information content (AvgIpc) is 3.07. The molecule has 2 heterocycles. The Morgan fingerprint density at radius 3 is 2.62 bits per heavy atom. The van der Waals surface area contributed by atoms with E-state index in [4.69, 9.17) is 0 Å². The van der Waals surface area contributed by atoms with E-state index >= 15 is 0 Å². The van der Waals surface area contributed by atoms with E-state index < -0.39 is 17.7 Å². The summed E-state index contributed by atoms with van der Waals surface area (Å²) in [4.78, 5) is 29.7. The zero-order valence-electron chi connectivity index (χ0n) is 11.2. The van der Waals surface area contributed by atoms with E-state index in [0.717, 1.165) is 5.56 Å². The Morgan fingerprint density at radius 2 is 2.05 bits per heavy atom. The fourth-order valence-corrected chi connectivity index (χ4v) is 3.11. The van der Waals surface area contributed by atoms with Crippen LogP contribution in [0.15, 0.2) is 53.2 Å². The van der Waals surface area contributed by atoms with E-state index in [1.165, 1.54) is 23.2 Å². The molecule has 3 rings (SSSR count). The van der Waals surface area contributed by atoms with Gasteiger partial charge in [0.2, 0.25) is 0 Å². The number of ketones is 1. The van der Waals surface area contributed by atoms with Gasteiger partial charge in [0.1, 0.15) is 0 Å². The van der Waals surface area contributed by atoms with Gasteiger partial charge in [0.25, 0.3) is 5.91 Å². The van der Waals surface area contributed by atoms with Gasteiger partial charge in [-0.2, -0.15) is 0 Å². The van der Waals surface area contributed by atoms with E-state index in [2.05, 4.69) is 4.98 Å². The Bertz CT molecular complexity index is 723. The van der Waals surface area contributed by atoms with E-state index in [1.54, 1.807) is 11.6 Å². The summed E-state index contributed by atoms with van der Waals surface area (Å²) in [6.45, 7) is 1.35. The minimum atomic E-state index is -0.637. The van der Waals surface area contributed by atoms with Crippen LogP contribution in [0.2, 0.25) is 0 Å². The fourth-order valence-electron chi connectivity index (χ4n) is 2.45. The summed E-state index contributed by atoms with van der Waals surface area (Å²) in [5, 5.41) is 12.3. The lowest BCUT2D eigenvalue weighted by Crippen LogP contribution is -2.30. The summed E-state index contributed by atoms with van der Waals surface area (Å²) in [7, 11) is 0. The monoisotopic (exact) mass is 300 g/mol. The molecule has 106 valence electrons.